The number of rotatable bonds is 4. The van der Waals surface area contributed by atoms with Crippen LogP contribution >= 0.6 is 11.6 Å². The largest absolute Gasteiger partial charge is 0.380 e. The minimum Gasteiger partial charge on any atom is -0.380 e. The summed E-state index contributed by atoms with van der Waals surface area (Å²) in [6.07, 6.45) is 1.05. The lowest BCUT2D eigenvalue weighted by Crippen LogP contribution is -2.04. The van der Waals surface area contributed by atoms with E-state index < -0.39 is 0 Å². The predicted octanol–water partition coefficient (Wildman–Crippen LogP) is 4.82. The average Bonchev–Trinajstić information content (AvgIpc) is 2.38. The maximum atomic E-state index is 6.21. The molecule has 1 N–H and O–H groups in total. The van der Waals surface area contributed by atoms with E-state index in [9.17, 15) is 0 Å². The smallest absolute Gasteiger partial charge is 0.0640 e. The molecular weight excluding hydrogens is 242 g/mol. The second kappa shape index (κ2) is 5.92. The Morgan fingerprint density at radius 1 is 1.00 bits per heavy atom. The Morgan fingerprint density at radius 2 is 1.72 bits per heavy atom. The summed E-state index contributed by atoms with van der Waals surface area (Å²) in [5, 5.41) is 4.22. The van der Waals surface area contributed by atoms with Crippen molar-refractivity contribution >= 4 is 17.3 Å². The highest BCUT2D eigenvalue weighted by Crippen LogP contribution is 2.26. The van der Waals surface area contributed by atoms with E-state index >= 15 is 0 Å². The minimum atomic E-state index is 0.781. The van der Waals surface area contributed by atoms with Crippen molar-refractivity contribution < 1.29 is 0 Å². The van der Waals surface area contributed by atoms with Gasteiger partial charge in [0.1, 0.15) is 0 Å². The van der Waals surface area contributed by atoms with Crippen LogP contribution in [0.1, 0.15) is 23.6 Å². The van der Waals surface area contributed by atoms with Gasteiger partial charge in [-0.1, -0.05) is 54.9 Å². The fourth-order valence-corrected chi connectivity index (χ4v) is 2.40. The van der Waals surface area contributed by atoms with Gasteiger partial charge in [-0.05, 0) is 36.1 Å². The zero-order valence-electron chi connectivity index (χ0n) is 10.8. The van der Waals surface area contributed by atoms with E-state index in [0.717, 1.165) is 23.7 Å². The van der Waals surface area contributed by atoms with E-state index in [1.54, 1.807) is 0 Å². The normalized spacial score (nSPS) is 10.4. The van der Waals surface area contributed by atoms with Crippen LogP contribution in [0.2, 0.25) is 5.02 Å². The molecule has 18 heavy (non-hydrogen) atoms. The summed E-state index contributed by atoms with van der Waals surface area (Å²) in [5.41, 5.74) is 4.93. The van der Waals surface area contributed by atoms with E-state index in [1.165, 1.54) is 16.7 Å². The van der Waals surface area contributed by atoms with Crippen molar-refractivity contribution in [3.63, 3.8) is 0 Å². The van der Waals surface area contributed by atoms with E-state index in [-0.39, 0.29) is 0 Å². The van der Waals surface area contributed by atoms with Crippen LogP contribution in [0, 0.1) is 6.92 Å². The fourth-order valence-electron chi connectivity index (χ4n) is 2.11. The van der Waals surface area contributed by atoms with Crippen LogP contribution in [-0.4, -0.2) is 0 Å². The Kier molecular flexibility index (Phi) is 4.27. The van der Waals surface area contributed by atoms with Gasteiger partial charge in [0.2, 0.25) is 0 Å². The molecule has 2 aromatic carbocycles. The molecule has 2 rings (SSSR count). The van der Waals surface area contributed by atoms with Crippen molar-refractivity contribution in [2.24, 2.45) is 0 Å². The molecule has 0 spiro atoms. The molecule has 2 aromatic rings. The summed E-state index contributed by atoms with van der Waals surface area (Å²) >= 11 is 6.21. The molecule has 0 bridgehead atoms. The third-order valence-electron chi connectivity index (χ3n) is 3.18. The molecule has 0 saturated carbocycles. The molecule has 0 atom stereocenters. The first kappa shape index (κ1) is 13.0. The Morgan fingerprint density at radius 3 is 2.39 bits per heavy atom. The molecule has 0 aliphatic rings. The molecule has 0 amide bonds. The van der Waals surface area contributed by atoms with E-state index in [4.69, 9.17) is 11.6 Å². The number of para-hydroxylation sites is 1. The molecule has 0 saturated heterocycles. The van der Waals surface area contributed by atoms with Gasteiger partial charge in [-0.3, -0.25) is 0 Å². The average molecular weight is 260 g/mol. The van der Waals surface area contributed by atoms with Crippen molar-refractivity contribution in [1.29, 1.82) is 0 Å². The number of anilines is 1. The van der Waals surface area contributed by atoms with Crippen LogP contribution in [0.25, 0.3) is 0 Å². The summed E-state index contributed by atoms with van der Waals surface area (Å²) in [6, 6.07) is 14.5. The van der Waals surface area contributed by atoms with Gasteiger partial charge in [0.05, 0.1) is 10.7 Å². The molecule has 0 radical (unpaired) electrons. The van der Waals surface area contributed by atoms with Gasteiger partial charge >= 0.3 is 0 Å². The Bertz CT molecular complexity index is 514. The Hall–Kier alpha value is -1.47. The highest BCUT2D eigenvalue weighted by Gasteiger charge is 2.04. The monoisotopic (exact) mass is 259 g/mol. The lowest BCUT2D eigenvalue weighted by molar-refractivity contribution is 1.04. The Balaban J connectivity index is 2.16. The van der Waals surface area contributed by atoms with Crippen LogP contribution in [0.15, 0.2) is 42.5 Å². The SMILES string of the molecule is CCc1ccccc1CNc1c(C)cccc1Cl. The maximum Gasteiger partial charge on any atom is 0.0640 e. The van der Waals surface area contributed by atoms with Crippen LogP contribution < -0.4 is 5.32 Å². The van der Waals surface area contributed by atoms with Crippen LogP contribution in [0.3, 0.4) is 0 Å². The molecule has 0 aliphatic heterocycles. The molecule has 94 valence electrons. The van der Waals surface area contributed by atoms with E-state index in [0.29, 0.717) is 0 Å². The first-order valence-electron chi connectivity index (χ1n) is 6.28. The number of aryl methyl sites for hydroxylation is 2. The number of halogens is 1. The molecule has 0 heterocycles. The van der Waals surface area contributed by atoms with Crippen molar-refractivity contribution in [1.82, 2.24) is 0 Å². The van der Waals surface area contributed by atoms with E-state index in [2.05, 4.69) is 49.5 Å². The minimum absolute atomic E-state index is 0.781. The Labute approximate surface area is 114 Å². The summed E-state index contributed by atoms with van der Waals surface area (Å²) in [7, 11) is 0. The second-order valence-corrected chi connectivity index (χ2v) is 4.81. The molecular formula is C16H18ClN. The van der Waals surface area contributed by atoms with Gasteiger partial charge in [0, 0.05) is 6.54 Å². The van der Waals surface area contributed by atoms with Crippen LogP contribution in [0.4, 0.5) is 5.69 Å². The second-order valence-electron chi connectivity index (χ2n) is 4.41. The lowest BCUT2D eigenvalue weighted by Gasteiger charge is -2.13. The topological polar surface area (TPSA) is 12.0 Å². The maximum absolute atomic E-state index is 6.21. The molecule has 2 heteroatoms. The highest BCUT2D eigenvalue weighted by atomic mass is 35.5. The van der Waals surface area contributed by atoms with Crippen molar-refractivity contribution in [3.8, 4) is 0 Å². The van der Waals surface area contributed by atoms with E-state index in [1.807, 2.05) is 12.1 Å². The number of hydrogen-bond acceptors (Lipinski definition) is 1. The fraction of sp³-hybridized carbons (Fsp3) is 0.250. The number of hydrogen-bond donors (Lipinski definition) is 1. The van der Waals surface area contributed by atoms with Crippen molar-refractivity contribution in [2.45, 2.75) is 26.8 Å². The number of benzene rings is 2. The van der Waals surface area contributed by atoms with Gasteiger partial charge in [-0.25, -0.2) is 0 Å². The molecule has 0 unspecified atom stereocenters. The van der Waals surface area contributed by atoms with Gasteiger partial charge in [0.25, 0.3) is 0 Å². The summed E-state index contributed by atoms with van der Waals surface area (Å²) in [6.45, 7) is 5.06. The van der Waals surface area contributed by atoms with Crippen LogP contribution in [0.5, 0.6) is 0 Å². The van der Waals surface area contributed by atoms with Gasteiger partial charge in [-0.15, -0.1) is 0 Å². The standard InChI is InChI=1S/C16H18ClN/c1-3-13-8-4-5-9-14(13)11-18-16-12(2)7-6-10-15(16)17/h4-10,18H,3,11H2,1-2H3. The van der Waals surface area contributed by atoms with Gasteiger partial charge < -0.3 is 5.32 Å². The summed E-state index contributed by atoms with van der Waals surface area (Å²) in [5.74, 6) is 0. The van der Waals surface area contributed by atoms with Crippen molar-refractivity contribution in [2.75, 3.05) is 5.32 Å². The summed E-state index contributed by atoms with van der Waals surface area (Å²) in [4.78, 5) is 0. The van der Waals surface area contributed by atoms with Crippen molar-refractivity contribution in [3.05, 3.63) is 64.2 Å². The summed E-state index contributed by atoms with van der Waals surface area (Å²) < 4.78 is 0. The highest BCUT2D eigenvalue weighted by molar-refractivity contribution is 6.33. The first-order valence-corrected chi connectivity index (χ1v) is 6.66. The van der Waals surface area contributed by atoms with Gasteiger partial charge in [-0.2, -0.15) is 0 Å². The quantitative estimate of drug-likeness (QED) is 0.830. The zero-order chi connectivity index (χ0) is 13.0. The first-order chi connectivity index (χ1) is 8.72. The molecule has 0 aliphatic carbocycles. The molecule has 0 fully saturated rings. The van der Waals surface area contributed by atoms with Crippen LogP contribution in [-0.2, 0) is 13.0 Å². The third-order valence-corrected chi connectivity index (χ3v) is 3.49. The lowest BCUT2D eigenvalue weighted by atomic mass is 10.1. The third kappa shape index (κ3) is 2.85. The number of nitrogens with one attached hydrogen (secondary N) is 1. The predicted molar refractivity (Wildman–Crippen MR) is 79.3 cm³/mol. The molecule has 1 nitrogen and oxygen atoms in total. The molecule has 0 aromatic heterocycles. The van der Waals surface area contributed by atoms with Gasteiger partial charge in [0.15, 0.2) is 0 Å². The zero-order valence-corrected chi connectivity index (χ0v) is 11.6.